The van der Waals surface area contributed by atoms with Crippen LogP contribution in [-0.4, -0.2) is 12.2 Å². The molecule has 1 saturated heterocycles. The van der Waals surface area contributed by atoms with Gasteiger partial charge in [0.25, 0.3) is 0 Å². The Morgan fingerprint density at radius 2 is 1.67 bits per heavy atom. The van der Waals surface area contributed by atoms with Gasteiger partial charge in [0.15, 0.2) is 0 Å². The third-order valence-corrected chi connectivity index (χ3v) is 5.16. The maximum Gasteiger partial charge on any atom is 0.0683 e. The molecule has 0 aromatic rings. The first-order chi connectivity index (χ1) is 7.09. The lowest BCUT2D eigenvalue weighted by Crippen LogP contribution is -2.39. The third kappa shape index (κ3) is 1.95. The summed E-state index contributed by atoms with van der Waals surface area (Å²) in [7, 11) is 0. The standard InChI is InChI=1S/C14H24O/c1-13(2)5-7-14(8-6-13)4-3-11-9-12(11)10-15-14/h11-12H,3-10H2,1-2H3/t11-,12+/m0/s1. The topological polar surface area (TPSA) is 9.23 Å². The molecule has 1 nitrogen and oxygen atoms in total. The van der Waals surface area contributed by atoms with Crippen molar-refractivity contribution < 1.29 is 4.74 Å². The van der Waals surface area contributed by atoms with Crippen molar-refractivity contribution in [3.8, 4) is 0 Å². The SMILES string of the molecule is CC1(C)CCC2(CC[C@H]3C[C@@H]3CO2)CC1. The molecule has 15 heavy (non-hydrogen) atoms. The fourth-order valence-corrected chi connectivity index (χ4v) is 3.45. The van der Waals surface area contributed by atoms with Gasteiger partial charge in [0, 0.05) is 0 Å². The zero-order valence-electron chi connectivity index (χ0n) is 10.2. The van der Waals surface area contributed by atoms with E-state index in [1.165, 1.54) is 44.9 Å². The summed E-state index contributed by atoms with van der Waals surface area (Å²) in [4.78, 5) is 0. The Morgan fingerprint density at radius 3 is 2.40 bits per heavy atom. The van der Waals surface area contributed by atoms with E-state index in [0.29, 0.717) is 11.0 Å². The summed E-state index contributed by atoms with van der Waals surface area (Å²) < 4.78 is 6.28. The van der Waals surface area contributed by atoms with Crippen LogP contribution in [0.1, 0.15) is 58.8 Å². The number of hydrogen-bond donors (Lipinski definition) is 0. The van der Waals surface area contributed by atoms with Crippen LogP contribution < -0.4 is 0 Å². The highest BCUT2D eigenvalue weighted by molar-refractivity contribution is 4.97. The lowest BCUT2D eigenvalue weighted by atomic mass is 9.69. The zero-order chi connectivity index (χ0) is 10.5. The van der Waals surface area contributed by atoms with Gasteiger partial charge in [-0.25, -0.2) is 0 Å². The van der Waals surface area contributed by atoms with E-state index < -0.39 is 0 Å². The second kappa shape index (κ2) is 3.23. The van der Waals surface area contributed by atoms with Gasteiger partial charge in [-0.05, 0) is 62.2 Å². The van der Waals surface area contributed by atoms with Gasteiger partial charge in [0.05, 0.1) is 12.2 Å². The first-order valence-corrected chi connectivity index (χ1v) is 6.73. The molecular formula is C14H24O. The molecule has 3 aliphatic rings. The van der Waals surface area contributed by atoms with Gasteiger partial charge in [-0.2, -0.15) is 0 Å². The van der Waals surface area contributed by atoms with E-state index in [1.54, 1.807) is 0 Å². The first kappa shape index (κ1) is 10.1. The van der Waals surface area contributed by atoms with Gasteiger partial charge < -0.3 is 4.74 Å². The van der Waals surface area contributed by atoms with E-state index in [2.05, 4.69) is 13.8 Å². The third-order valence-electron chi connectivity index (χ3n) is 5.16. The predicted molar refractivity (Wildman–Crippen MR) is 61.8 cm³/mol. The van der Waals surface area contributed by atoms with Crippen molar-refractivity contribution in [3.05, 3.63) is 0 Å². The summed E-state index contributed by atoms with van der Waals surface area (Å²) in [6, 6.07) is 0. The van der Waals surface area contributed by atoms with Crippen LogP contribution in [0.25, 0.3) is 0 Å². The minimum atomic E-state index is 0.308. The van der Waals surface area contributed by atoms with Gasteiger partial charge in [0.2, 0.25) is 0 Å². The van der Waals surface area contributed by atoms with Gasteiger partial charge in [-0.15, -0.1) is 0 Å². The van der Waals surface area contributed by atoms with Gasteiger partial charge >= 0.3 is 0 Å². The molecule has 0 N–H and O–H groups in total. The summed E-state index contributed by atoms with van der Waals surface area (Å²) in [5.74, 6) is 1.98. The van der Waals surface area contributed by atoms with E-state index in [4.69, 9.17) is 4.74 Å². The van der Waals surface area contributed by atoms with E-state index in [-0.39, 0.29) is 0 Å². The van der Waals surface area contributed by atoms with Gasteiger partial charge in [-0.1, -0.05) is 13.8 Å². The molecule has 2 atom stereocenters. The predicted octanol–water partition coefficient (Wildman–Crippen LogP) is 3.77. The zero-order valence-corrected chi connectivity index (χ0v) is 10.2. The van der Waals surface area contributed by atoms with Crippen LogP contribution >= 0.6 is 0 Å². The maximum atomic E-state index is 6.28. The summed E-state index contributed by atoms with van der Waals surface area (Å²) in [5, 5.41) is 0. The molecule has 2 saturated carbocycles. The molecule has 0 aromatic heterocycles. The van der Waals surface area contributed by atoms with Crippen molar-refractivity contribution in [1.82, 2.24) is 0 Å². The molecule has 1 aliphatic heterocycles. The second-order valence-corrected chi connectivity index (χ2v) is 6.95. The minimum Gasteiger partial charge on any atom is -0.375 e. The van der Waals surface area contributed by atoms with Crippen LogP contribution in [0.5, 0.6) is 0 Å². The summed E-state index contributed by atoms with van der Waals surface area (Å²) in [5.41, 5.74) is 0.882. The Balaban J connectivity index is 1.65. The number of hydrogen-bond acceptors (Lipinski definition) is 1. The molecule has 3 fully saturated rings. The molecule has 0 unspecified atom stereocenters. The van der Waals surface area contributed by atoms with Gasteiger partial charge in [0.1, 0.15) is 0 Å². The number of ether oxygens (including phenoxy) is 1. The molecule has 3 rings (SSSR count). The molecule has 0 radical (unpaired) electrons. The molecule has 0 bridgehead atoms. The van der Waals surface area contributed by atoms with Crippen molar-refractivity contribution in [1.29, 1.82) is 0 Å². The van der Waals surface area contributed by atoms with Crippen molar-refractivity contribution in [2.75, 3.05) is 6.61 Å². The van der Waals surface area contributed by atoms with E-state index in [9.17, 15) is 0 Å². The van der Waals surface area contributed by atoms with E-state index in [1.807, 2.05) is 0 Å². The first-order valence-electron chi connectivity index (χ1n) is 6.73. The lowest BCUT2D eigenvalue weighted by Gasteiger charge is -2.43. The Morgan fingerprint density at radius 1 is 0.933 bits per heavy atom. The van der Waals surface area contributed by atoms with Crippen LogP contribution in [0.4, 0.5) is 0 Å². The van der Waals surface area contributed by atoms with Crippen molar-refractivity contribution in [2.24, 2.45) is 17.3 Å². The summed E-state index contributed by atoms with van der Waals surface area (Å²) in [6.45, 7) is 5.90. The smallest absolute Gasteiger partial charge is 0.0683 e. The van der Waals surface area contributed by atoms with Gasteiger partial charge in [-0.3, -0.25) is 0 Å². The van der Waals surface area contributed by atoms with Crippen LogP contribution in [0.15, 0.2) is 0 Å². The molecule has 0 aromatic carbocycles. The maximum absolute atomic E-state index is 6.28. The summed E-state index contributed by atoms with van der Waals surface area (Å²) in [6.07, 6.45) is 9.63. The van der Waals surface area contributed by atoms with Crippen molar-refractivity contribution >= 4 is 0 Å². The molecule has 1 heterocycles. The molecule has 1 spiro atoms. The number of fused-ring (bicyclic) bond motifs is 1. The second-order valence-electron chi connectivity index (χ2n) is 6.95. The lowest BCUT2D eigenvalue weighted by molar-refractivity contribution is -0.0908. The Bertz CT molecular complexity index is 232. The minimum absolute atomic E-state index is 0.308. The van der Waals surface area contributed by atoms with Crippen molar-refractivity contribution in [3.63, 3.8) is 0 Å². The largest absolute Gasteiger partial charge is 0.375 e. The molecule has 0 amide bonds. The molecular weight excluding hydrogens is 184 g/mol. The van der Waals surface area contributed by atoms with E-state index >= 15 is 0 Å². The average Bonchev–Trinajstić information content (AvgIpc) is 2.93. The number of rotatable bonds is 0. The van der Waals surface area contributed by atoms with Crippen molar-refractivity contribution in [2.45, 2.75) is 64.4 Å². The van der Waals surface area contributed by atoms with Crippen LogP contribution in [0.3, 0.4) is 0 Å². The average molecular weight is 208 g/mol. The molecule has 2 aliphatic carbocycles. The van der Waals surface area contributed by atoms with Crippen LogP contribution in [-0.2, 0) is 4.74 Å². The quantitative estimate of drug-likeness (QED) is 0.589. The highest BCUT2D eigenvalue weighted by atomic mass is 16.5. The fraction of sp³-hybridized carbons (Fsp3) is 1.00. The Kier molecular flexibility index (Phi) is 2.18. The Labute approximate surface area is 93.6 Å². The highest BCUT2D eigenvalue weighted by Crippen LogP contribution is 2.52. The molecule has 86 valence electrons. The highest BCUT2D eigenvalue weighted by Gasteiger charge is 2.47. The monoisotopic (exact) mass is 208 g/mol. The normalized spacial score (nSPS) is 42.0. The Hall–Kier alpha value is -0.0400. The fourth-order valence-electron chi connectivity index (χ4n) is 3.45. The van der Waals surface area contributed by atoms with Crippen LogP contribution in [0, 0.1) is 17.3 Å². The molecule has 1 heteroatoms. The summed E-state index contributed by atoms with van der Waals surface area (Å²) >= 11 is 0. The van der Waals surface area contributed by atoms with E-state index in [0.717, 1.165) is 18.4 Å². The van der Waals surface area contributed by atoms with Crippen LogP contribution in [0.2, 0.25) is 0 Å².